The van der Waals surface area contributed by atoms with E-state index in [4.69, 9.17) is 18.0 Å². The van der Waals surface area contributed by atoms with Crippen molar-refractivity contribution in [3.8, 4) is 0 Å². The highest BCUT2D eigenvalue weighted by Gasteiger charge is 2.19. The second-order valence-electron chi connectivity index (χ2n) is 3.50. The lowest BCUT2D eigenvalue weighted by Gasteiger charge is -2.24. The lowest BCUT2D eigenvalue weighted by Crippen LogP contribution is -2.42. The van der Waals surface area contributed by atoms with Crippen LogP contribution in [0.15, 0.2) is 28.7 Å². The van der Waals surface area contributed by atoms with Crippen LogP contribution in [0.25, 0.3) is 0 Å². The summed E-state index contributed by atoms with van der Waals surface area (Å²) in [4.78, 5) is 13.9. The average molecular weight is 301 g/mol. The molecule has 0 saturated carbocycles. The number of halogens is 1. The van der Waals surface area contributed by atoms with E-state index in [9.17, 15) is 4.79 Å². The predicted octanol–water partition coefficient (Wildman–Crippen LogP) is 2.20. The second kappa shape index (κ2) is 5.41. The van der Waals surface area contributed by atoms with Crippen molar-refractivity contribution in [2.75, 3.05) is 7.05 Å². The quantitative estimate of drug-likeness (QED) is 0.871. The van der Waals surface area contributed by atoms with E-state index in [1.54, 1.807) is 26.1 Å². The van der Waals surface area contributed by atoms with Crippen molar-refractivity contribution in [1.82, 2.24) is 4.90 Å². The smallest absolute Gasteiger partial charge is 0.254 e. The van der Waals surface area contributed by atoms with E-state index in [1.165, 1.54) is 4.90 Å². The zero-order valence-corrected chi connectivity index (χ0v) is 11.5. The SMILES string of the molecule is CC(C(N)=S)N(C)C(=O)c1cccc(Br)c1. The Morgan fingerprint density at radius 1 is 1.56 bits per heavy atom. The van der Waals surface area contributed by atoms with Crippen molar-refractivity contribution in [2.45, 2.75) is 13.0 Å². The Kier molecular flexibility index (Phi) is 4.44. The van der Waals surface area contributed by atoms with Crippen LogP contribution in [0.3, 0.4) is 0 Å². The summed E-state index contributed by atoms with van der Waals surface area (Å²) in [5.74, 6) is -0.0957. The van der Waals surface area contributed by atoms with Gasteiger partial charge in [0.25, 0.3) is 5.91 Å². The summed E-state index contributed by atoms with van der Waals surface area (Å²) in [7, 11) is 1.69. The number of likely N-dealkylation sites (N-methyl/N-ethyl adjacent to an activating group) is 1. The first-order chi connectivity index (χ1) is 7.43. The van der Waals surface area contributed by atoms with Gasteiger partial charge in [-0.15, -0.1) is 0 Å². The number of nitrogens with two attached hydrogens (primary N) is 1. The molecule has 0 aliphatic carbocycles. The van der Waals surface area contributed by atoms with Crippen LogP contribution in [-0.2, 0) is 0 Å². The predicted molar refractivity (Wildman–Crippen MR) is 72.5 cm³/mol. The molecule has 1 atom stereocenters. The first-order valence-corrected chi connectivity index (χ1v) is 5.95. The molecule has 0 fully saturated rings. The van der Waals surface area contributed by atoms with Crippen LogP contribution in [0.5, 0.6) is 0 Å². The number of thiocarbonyl (C=S) groups is 1. The van der Waals surface area contributed by atoms with Crippen LogP contribution in [0.1, 0.15) is 17.3 Å². The molecule has 1 aromatic carbocycles. The Morgan fingerprint density at radius 2 is 2.19 bits per heavy atom. The molecule has 3 nitrogen and oxygen atoms in total. The van der Waals surface area contributed by atoms with Crippen LogP contribution in [0, 0.1) is 0 Å². The molecule has 5 heteroatoms. The van der Waals surface area contributed by atoms with E-state index in [0.717, 1.165) is 4.47 Å². The zero-order valence-electron chi connectivity index (χ0n) is 9.11. The van der Waals surface area contributed by atoms with Gasteiger partial charge in [0.15, 0.2) is 0 Å². The molecule has 0 aliphatic rings. The molecular formula is C11H13BrN2OS. The molecule has 16 heavy (non-hydrogen) atoms. The van der Waals surface area contributed by atoms with Crippen LogP contribution in [-0.4, -0.2) is 28.9 Å². The van der Waals surface area contributed by atoms with Crippen LogP contribution < -0.4 is 5.73 Å². The highest BCUT2D eigenvalue weighted by atomic mass is 79.9. The van der Waals surface area contributed by atoms with Crippen LogP contribution >= 0.6 is 28.1 Å². The number of hydrogen-bond acceptors (Lipinski definition) is 2. The number of benzene rings is 1. The van der Waals surface area contributed by atoms with Gasteiger partial charge < -0.3 is 10.6 Å². The van der Waals surface area contributed by atoms with Crippen molar-refractivity contribution in [1.29, 1.82) is 0 Å². The van der Waals surface area contributed by atoms with Gasteiger partial charge in [-0.3, -0.25) is 4.79 Å². The maximum Gasteiger partial charge on any atom is 0.254 e. The van der Waals surface area contributed by atoms with Crippen molar-refractivity contribution in [3.63, 3.8) is 0 Å². The lowest BCUT2D eigenvalue weighted by atomic mass is 10.2. The fourth-order valence-electron chi connectivity index (χ4n) is 1.19. The van der Waals surface area contributed by atoms with Gasteiger partial charge in [-0.05, 0) is 25.1 Å². The molecule has 2 N–H and O–H groups in total. The molecule has 1 amide bonds. The third-order valence-corrected chi connectivity index (χ3v) is 3.22. The van der Waals surface area contributed by atoms with Gasteiger partial charge in [0, 0.05) is 17.1 Å². The van der Waals surface area contributed by atoms with Crippen molar-refractivity contribution < 1.29 is 4.79 Å². The lowest BCUT2D eigenvalue weighted by molar-refractivity contribution is 0.0779. The molecule has 1 unspecified atom stereocenters. The molecule has 0 spiro atoms. The van der Waals surface area contributed by atoms with Crippen molar-refractivity contribution in [2.24, 2.45) is 5.73 Å². The van der Waals surface area contributed by atoms with Gasteiger partial charge in [0.2, 0.25) is 0 Å². The number of amides is 1. The summed E-state index contributed by atoms with van der Waals surface area (Å²) < 4.78 is 0.870. The Labute approximate surface area is 109 Å². The first-order valence-electron chi connectivity index (χ1n) is 4.75. The second-order valence-corrected chi connectivity index (χ2v) is 4.89. The minimum atomic E-state index is -0.249. The Bertz CT molecular complexity index is 422. The molecule has 86 valence electrons. The molecule has 1 rings (SSSR count). The molecule has 0 heterocycles. The van der Waals surface area contributed by atoms with E-state index in [2.05, 4.69) is 15.9 Å². The summed E-state index contributed by atoms with van der Waals surface area (Å²) in [6.07, 6.45) is 0. The van der Waals surface area contributed by atoms with E-state index in [-0.39, 0.29) is 11.9 Å². The minimum Gasteiger partial charge on any atom is -0.392 e. The average Bonchev–Trinajstić information content (AvgIpc) is 2.26. The molecule has 1 aromatic rings. The molecule has 0 bridgehead atoms. The summed E-state index contributed by atoms with van der Waals surface area (Å²) in [5.41, 5.74) is 6.12. The van der Waals surface area contributed by atoms with E-state index >= 15 is 0 Å². The number of hydrogen-bond donors (Lipinski definition) is 1. The zero-order chi connectivity index (χ0) is 12.3. The Hall–Kier alpha value is -0.940. The van der Waals surface area contributed by atoms with Crippen LogP contribution in [0.2, 0.25) is 0 Å². The van der Waals surface area contributed by atoms with E-state index < -0.39 is 0 Å². The summed E-state index contributed by atoms with van der Waals surface area (Å²) in [5, 5.41) is 0. The third-order valence-electron chi connectivity index (χ3n) is 2.38. The van der Waals surface area contributed by atoms with Gasteiger partial charge in [0.05, 0.1) is 11.0 Å². The Morgan fingerprint density at radius 3 is 2.69 bits per heavy atom. The van der Waals surface area contributed by atoms with Gasteiger partial charge in [0.1, 0.15) is 0 Å². The minimum absolute atomic E-state index is 0.0957. The van der Waals surface area contributed by atoms with Crippen molar-refractivity contribution >= 4 is 39.0 Å². The van der Waals surface area contributed by atoms with Gasteiger partial charge >= 0.3 is 0 Å². The topological polar surface area (TPSA) is 46.3 Å². The van der Waals surface area contributed by atoms with Crippen molar-refractivity contribution in [3.05, 3.63) is 34.3 Å². The fraction of sp³-hybridized carbons (Fsp3) is 0.273. The Balaban J connectivity index is 2.90. The number of carbonyl (C=O) groups excluding carboxylic acids is 1. The molecule has 0 aliphatic heterocycles. The molecule has 0 saturated heterocycles. The fourth-order valence-corrected chi connectivity index (χ4v) is 1.75. The third kappa shape index (κ3) is 3.02. The molecular weight excluding hydrogens is 288 g/mol. The van der Waals surface area contributed by atoms with E-state index in [0.29, 0.717) is 10.6 Å². The summed E-state index contributed by atoms with van der Waals surface area (Å²) in [6, 6.07) is 6.97. The standard InChI is InChI=1S/C11H13BrN2OS/c1-7(10(13)16)14(2)11(15)8-4-3-5-9(12)6-8/h3-7H,1-2H3,(H2,13,16). The largest absolute Gasteiger partial charge is 0.392 e. The summed E-state index contributed by atoms with van der Waals surface area (Å²) in [6.45, 7) is 1.80. The first kappa shape index (κ1) is 13.1. The maximum atomic E-state index is 12.0. The van der Waals surface area contributed by atoms with Gasteiger partial charge in [-0.1, -0.05) is 34.2 Å². The monoisotopic (exact) mass is 300 g/mol. The maximum absolute atomic E-state index is 12.0. The van der Waals surface area contributed by atoms with Crippen LogP contribution in [0.4, 0.5) is 0 Å². The number of rotatable bonds is 3. The highest BCUT2D eigenvalue weighted by molar-refractivity contribution is 9.10. The molecule has 0 radical (unpaired) electrons. The highest BCUT2D eigenvalue weighted by Crippen LogP contribution is 2.14. The summed E-state index contributed by atoms with van der Waals surface area (Å²) >= 11 is 8.19. The molecule has 0 aromatic heterocycles. The normalized spacial score (nSPS) is 11.9. The van der Waals surface area contributed by atoms with E-state index in [1.807, 2.05) is 12.1 Å². The number of nitrogens with zero attached hydrogens (tertiary/aromatic N) is 1. The number of carbonyl (C=O) groups is 1. The van der Waals surface area contributed by atoms with Gasteiger partial charge in [-0.2, -0.15) is 0 Å². The van der Waals surface area contributed by atoms with Gasteiger partial charge in [-0.25, -0.2) is 0 Å².